The summed E-state index contributed by atoms with van der Waals surface area (Å²) >= 11 is 3.15. The molecule has 2 atom stereocenters. The van der Waals surface area contributed by atoms with E-state index in [0.717, 1.165) is 28.4 Å². The van der Waals surface area contributed by atoms with Gasteiger partial charge in [0.05, 0.1) is 26.8 Å². The smallest absolute Gasteiger partial charge is 0.243 e. The van der Waals surface area contributed by atoms with E-state index in [2.05, 4.69) is 21.3 Å². The van der Waals surface area contributed by atoms with Crippen molar-refractivity contribution in [2.24, 2.45) is 0 Å². The summed E-state index contributed by atoms with van der Waals surface area (Å²) in [5, 5.41) is 10.9. The van der Waals surface area contributed by atoms with Gasteiger partial charge in [0.15, 0.2) is 0 Å². The molecule has 11 heteroatoms. The fourth-order valence-electron chi connectivity index (χ4n) is 3.22. The average Bonchev–Trinajstić information content (AvgIpc) is 2.93. The van der Waals surface area contributed by atoms with E-state index in [1.165, 1.54) is 18.8 Å². The molecule has 0 aliphatic carbocycles. The molecule has 2 rings (SSSR count). The Morgan fingerprint density at radius 1 is 0.757 bits per heavy atom. The van der Waals surface area contributed by atoms with Crippen LogP contribution in [0.3, 0.4) is 0 Å². The highest BCUT2D eigenvalue weighted by molar-refractivity contribution is 7.98. The molecule has 0 unspecified atom stereocenters. The minimum absolute atomic E-state index is 0.212. The standard InChI is InChI=1S/C26H36N4O5S2/c1-27-22(16-36-14-18-5-9-20(34-3)10-6-18)26(33)29-13-24(31)30-23(25(32)28-2)17-37-15-19-7-11-21(35-4)12-8-19/h5-12,22-23,27H,13-17H2,1-4H3,(H,28,32)(H,29,33)(H,30,31)/t22-,23-/m0/s1. The molecular weight excluding hydrogens is 512 g/mol. The Hall–Kier alpha value is -2.89. The van der Waals surface area contributed by atoms with Gasteiger partial charge in [-0.05, 0) is 42.4 Å². The van der Waals surface area contributed by atoms with Gasteiger partial charge in [0.1, 0.15) is 17.5 Å². The van der Waals surface area contributed by atoms with Crippen LogP contribution in [0.15, 0.2) is 48.5 Å². The van der Waals surface area contributed by atoms with Gasteiger partial charge in [-0.3, -0.25) is 14.4 Å². The number of benzene rings is 2. The van der Waals surface area contributed by atoms with Crippen molar-refractivity contribution in [3.63, 3.8) is 0 Å². The number of methoxy groups -OCH3 is 2. The number of carbonyl (C=O) groups excluding carboxylic acids is 3. The van der Waals surface area contributed by atoms with Crippen LogP contribution in [-0.4, -0.2) is 76.2 Å². The lowest BCUT2D eigenvalue weighted by atomic mass is 10.2. The lowest BCUT2D eigenvalue weighted by molar-refractivity contribution is -0.129. The van der Waals surface area contributed by atoms with Crippen LogP contribution >= 0.6 is 23.5 Å². The van der Waals surface area contributed by atoms with Gasteiger partial charge in [-0.1, -0.05) is 24.3 Å². The van der Waals surface area contributed by atoms with Crippen LogP contribution in [0.4, 0.5) is 0 Å². The van der Waals surface area contributed by atoms with Crippen molar-refractivity contribution in [2.75, 3.05) is 46.4 Å². The Bertz CT molecular complexity index is 989. The second-order valence-corrected chi connectivity index (χ2v) is 10.1. The number of likely N-dealkylation sites (N-methyl/N-ethyl adjacent to an activating group) is 2. The van der Waals surface area contributed by atoms with E-state index in [1.807, 2.05) is 48.5 Å². The summed E-state index contributed by atoms with van der Waals surface area (Å²) in [5.41, 5.74) is 2.22. The lowest BCUT2D eigenvalue weighted by Gasteiger charge is -2.19. The molecule has 0 radical (unpaired) electrons. The molecule has 0 bridgehead atoms. The van der Waals surface area contributed by atoms with Crippen LogP contribution in [-0.2, 0) is 25.9 Å². The number of ether oxygens (including phenoxy) is 2. The van der Waals surface area contributed by atoms with Gasteiger partial charge in [0, 0.05) is 30.1 Å². The van der Waals surface area contributed by atoms with Crippen LogP contribution in [0.1, 0.15) is 11.1 Å². The van der Waals surface area contributed by atoms with Crippen molar-refractivity contribution in [3.05, 3.63) is 59.7 Å². The molecule has 2 aromatic rings. The third-order valence-corrected chi connectivity index (χ3v) is 7.62. The van der Waals surface area contributed by atoms with Crippen molar-refractivity contribution in [3.8, 4) is 11.5 Å². The number of thioether (sulfide) groups is 2. The van der Waals surface area contributed by atoms with Crippen molar-refractivity contribution in [1.82, 2.24) is 21.3 Å². The van der Waals surface area contributed by atoms with Crippen molar-refractivity contribution < 1.29 is 23.9 Å². The van der Waals surface area contributed by atoms with Gasteiger partial charge in [0.2, 0.25) is 17.7 Å². The first-order valence-corrected chi connectivity index (χ1v) is 14.1. The average molecular weight is 549 g/mol. The zero-order valence-electron chi connectivity index (χ0n) is 21.7. The number of carbonyl (C=O) groups is 3. The van der Waals surface area contributed by atoms with Crippen LogP contribution in [0.2, 0.25) is 0 Å². The minimum atomic E-state index is -0.710. The molecule has 2 aromatic carbocycles. The molecule has 0 spiro atoms. The highest BCUT2D eigenvalue weighted by Gasteiger charge is 2.21. The van der Waals surface area contributed by atoms with E-state index in [4.69, 9.17) is 9.47 Å². The van der Waals surface area contributed by atoms with Crippen LogP contribution in [0.5, 0.6) is 11.5 Å². The summed E-state index contributed by atoms with van der Waals surface area (Å²) in [6.07, 6.45) is 0. The van der Waals surface area contributed by atoms with E-state index in [1.54, 1.807) is 33.0 Å². The molecule has 0 heterocycles. The maximum absolute atomic E-state index is 12.6. The van der Waals surface area contributed by atoms with Gasteiger partial charge in [0.25, 0.3) is 0 Å². The maximum atomic E-state index is 12.6. The molecule has 202 valence electrons. The van der Waals surface area contributed by atoms with Gasteiger partial charge in [-0.25, -0.2) is 0 Å². The van der Waals surface area contributed by atoms with E-state index in [-0.39, 0.29) is 18.4 Å². The van der Waals surface area contributed by atoms with Crippen LogP contribution in [0.25, 0.3) is 0 Å². The third kappa shape index (κ3) is 10.9. The summed E-state index contributed by atoms with van der Waals surface area (Å²) in [4.78, 5) is 37.3. The molecule has 0 saturated carbocycles. The molecule has 0 aliphatic rings. The fourth-order valence-corrected chi connectivity index (χ4v) is 5.33. The van der Waals surface area contributed by atoms with Gasteiger partial charge >= 0.3 is 0 Å². The summed E-state index contributed by atoms with van der Waals surface area (Å²) in [6.45, 7) is -0.212. The van der Waals surface area contributed by atoms with Gasteiger partial charge in [-0.2, -0.15) is 23.5 Å². The summed E-state index contributed by atoms with van der Waals surface area (Å²) in [5.74, 6) is 2.96. The largest absolute Gasteiger partial charge is 0.497 e. The molecular formula is C26H36N4O5S2. The number of hydrogen-bond donors (Lipinski definition) is 4. The lowest BCUT2D eigenvalue weighted by Crippen LogP contribution is -2.52. The van der Waals surface area contributed by atoms with Gasteiger partial charge < -0.3 is 30.7 Å². The molecule has 4 N–H and O–H groups in total. The maximum Gasteiger partial charge on any atom is 0.243 e. The van der Waals surface area contributed by atoms with E-state index in [0.29, 0.717) is 17.3 Å². The Balaban J connectivity index is 1.75. The number of amides is 3. The number of hydrogen-bond acceptors (Lipinski definition) is 8. The van der Waals surface area contributed by atoms with Crippen molar-refractivity contribution in [1.29, 1.82) is 0 Å². The summed E-state index contributed by atoms with van der Waals surface area (Å²) < 4.78 is 10.3. The number of rotatable bonds is 16. The van der Waals surface area contributed by atoms with E-state index in [9.17, 15) is 14.4 Å². The van der Waals surface area contributed by atoms with Crippen molar-refractivity contribution in [2.45, 2.75) is 23.6 Å². The van der Waals surface area contributed by atoms with Crippen molar-refractivity contribution >= 4 is 41.2 Å². The molecule has 0 aromatic heterocycles. The SMILES string of the molecule is CNC(=O)[C@H](CSCc1ccc(OC)cc1)NC(=O)CNC(=O)[C@H](CSCc1ccc(OC)cc1)NC. The Kier molecular flexibility index (Phi) is 13.8. The van der Waals surface area contributed by atoms with Crippen LogP contribution < -0.4 is 30.7 Å². The second-order valence-electron chi connectivity index (χ2n) is 8.02. The predicted octanol–water partition coefficient (Wildman–Crippen LogP) is 1.81. The fraction of sp³-hybridized carbons (Fsp3) is 0.423. The van der Waals surface area contributed by atoms with E-state index >= 15 is 0 Å². The zero-order valence-corrected chi connectivity index (χ0v) is 23.3. The first-order valence-electron chi connectivity index (χ1n) is 11.8. The van der Waals surface area contributed by atoms with Crippen LogP contribution in [0, 0.1) is 0 Å². The quantitative estimate of drug-likeness (QED) is 0.251. The highest BCUT2D eigenvalue weighted by atomic mass is 32.2. The molecule has 0 aliphatic heterocycles. The Morgan fingerprint density at radius 3 is 1.68 bits per heavy atom. The topological polar surface area (TPSA) is 118 Å². The molecule has 0 fully saturated rings. The van der Waals surface area contributed by atoms with E-state index < -0.39 is 18.0 Å². The molecule has 37 heavy (non-hydrogen) atoms. The molecule has 9 nitrogen and oxygen atoms in total. The molecule has 0 saturated heterocycles. The Labute approximate surface area is 227 Å². The number of nitrogens with one attached hydrogen (secondary N) is 4. The van der Waals surface area contributed by atoms with Gasteiger partial charge in [-0.15, -0.1) is 0 Å². The monoisotopic (exact) mass is 548 g/mol. The molecule has 3 amide bonds. The first kappa shape index (κ1) is 30.3. The zero-order chi connectivity index (χ0) is 27.0. The third-order valence-electron chi connectivity index (χ3n) is 5.41. The minimum Gasteiger partial charge on any atom is -0.497 e. The summed E-state index contributed by atoms with van der Waals surface area (Å²) in [7, 11) is 6.48. The summed E-state index contributed by atoms with van der Waals surface area (Å²) in [6, 6.07) is 14.3. The normalized spacial score (nSPS) is 12.2. The highest BCUT2D eigenvalue weighted by Crippen LogP contribution is 2.18. The predicted molar refractivity (Wildman–Crippen MR) is 150 cm³/mol. The first-order chi connectivity index (χ1) is 17.9. The second kappa shape index (κ2) is 16.8. The Morgan fingerprint density at radius 2 is 1.24 bits per heavy atom.